The van der Waals surface area contributed by atoms with E-state index in [4.69, 9.17) is 32.1 Å². The highest BCUT2D eigenvalue weighted by atomic mass is 16.6. The monoisotopic (exact) mass is 1860 g/mol. The van der Waals surface area contributed by atoms with Crippen LogP contribution in [0.3, 0.4) is 0 Å². The number of aromatic amines is 1. The second-order valence-electron chi connectivity index (χ2n) is 31.1. The van der Waals surface area contributed by atoms with Crippen molar-refractivity contribution in [3.05, 3.63) is 96.9 Å². The van der Waals surface area contributed by atoms with Gasteiger partial charge in [0.2, 0.25) is 100 Å². The van der Waals surface area contributed by atoms with E-state index in [1.807, 2.05) is 0 Å². The number of unbranched alkanes of at least 4 members (excludes halogenated alkanes) is 3. The van der Waals surface area contributed by atoms with Gasteiger partial charge in [0.05, 0.1) is 88.0 Å². The van der Waals surface area contributed by atoms with E-state index in [0.29, 0.717) is 23.3 Å². The maximum Gasteiger partial charge on any atom is 0.336 e. The number of hydrogen-bond donors (Lipinski definition) is 23. The highest BCUT2D eigenvalue weighted by Gasteiger charge is 2.42. The molecule has 52 heteroatoms. The lowest BCUT2D eigenvalue weighted by molar-refractivity contribution is -0.393. The normalized spacial score (nSPS) is 14.7. The summed E-state index contributed by atoms with van der Waals surface area (Å²) in [5.74, 6) is -20.2. The highest BCUT2D eigenvalue weighted by molar-refractivity contribution is 6.02. The number of H-pyrrole nitrogens is 1. The molecule has 17 amide bonds. The van der Waals surface area contributed by atoms with Gasteiger partial charge < -0.3 is 137 Å². The molecule has 1 aliphatic heterocycles. The lowest BCUT2D eigenvalue weighted by atomic mass is 9.96. The fourth-order valence-electron chi connectivity index (χ4n) is 13.4. The molecule has 0 saturated carbocycles. The summed E-state index contributed by atoms with van der Waals surface area (Å²) in [5, 5.41) is 88.9. The molecule has 0 bridgehead atoms. The number of imidazole rings is 1. The number of nitro benzene ring substituents is 2. The van der Waals surface area contributed by atoms with Crippen molar-refractivity contribution in [2.75, 3.05) is 78.0 Å². The van der Waals surface area contributed by atoms with Gasteiger partial charge in [-0.05, 0) is 119 Å². The average molecular weight is 1860 g/mol. The number of nitrogens with two attached hydrogens (primary N) is 4. The zero-order chi connectivity index (χ0) is 98.0. The van der Waals surface area contributed by atoms with Gasteiger partial charge in [-0.15, -0.1) is 0 Å². The van der Waals surface area contributed by atoms with E-state index in [-0.39, 0.29) is 120 Å². The predicted octanol–water partition coefficient (Wildman–Crippen LogP) is -7.51. The predicted molar refractivity (Wildman–Crippen MR) is 463 cm³/mol. The van der Waals surface area contributed by atoms with Crippen LogP contribution in [0.1, 0.15) is 129 Å². The number of primary amides is 2. The number of nitro groups is 2. The molecular formula is C80H116N24O28. The number of ether oxygens (including phenoxy) is 1. The van der Waals surface area contributed by atoms with Gasteiger partial charge in [-0.25, -0.2) is 9.78 Å². The van der Waals surface area contributed by atoms with Gasteiger partial charge in [0.25, 0.3) is 11.4 Å². The van der Waals surface area contributed by atoms with Gasteiger partial charge in [-0.2, -0.15) is 0 Å². The number of hydrogen-bond acceptors (Lipinski definition) is 31. The average Bonchev–Trinajstić information content (AvgIpc) is 1.56. The number of aliphatic hydroxyl groups is 2. The second-order valence-corrected chi connectivity index (χ2v) is 31.1. The van der Waals surface area contributed by atoms with Crippen molar-refractivity contribution in [2.24, 2.45) is 34.8 Å². The Bertz CT molecular complexity index is 4820. The molecule has 0 spiro atoms. The minimum atomic E-state index is -2.10. The maximum atomic E-state index is 14.7. The quantitative estimate of drug-likeness (QED) is 0.00845. The van der Waals surface area contributed by atoms with Crippen LogP contribution in [0.5, 0.6) is 5.75 Å². The summed E-state index contributed by atoms with van der Waals surface area (Å²) in [6, 6.07) is -9.13. The fraction of sp³-hybridized carbons (Fsp3) is 0.550. The van der Waals surface area contributed by atoms with E-state index in [9.17, 15) is 127 Å². The number of aliphatic carboxylic acids is 1. The SMILES string of the molecule is CC[C@H](C)[C@H](NC(=O)[C@H](CC(N)=O)NC(=O)[C@H](CC(=O)O)NC(=O)[C@H](CCCCN)NC(=O)[C@H](CO)NC(=O)CNC(=O)Cc1cc(=O)oc2cc(OC)ccc12)C(=O)N[C@@H](CCCCN)C(=O)N[C@@H](Cc1cnc[nH]1)C(=O)N[C@H](C(=O)N1CCC[C@H]1C(=O)NCC(=O)NCC(=O)NCC(=O)N[C@@H](CO)C(=O)N[C@@H](CCCCNc1ccc([N+](=O)[O-])cc1[N+](=O)[O-])C(N)=O)C(C)C. The molecule has 5 rings (SSSR count). The number of non-ortho nitro benzene ring substituents is 1. The van der Waals surface area contributed by atoms with Crippen molar-refractivity contribution >= 4 is 134 Å². The van der Waals surface area contributed by atoms with Crippen LogP contribution in [-0.4, -0.2) is 286 Å². The number of aliphatic hydroxyl groups excluding tert-OH is 2. The topological polar surface area (TPSA) is 810 Å². The van der Waals surface area contributed by atoms with Gasteiger partial charge in [-0.3, -0.25) is 107 Å². The standard InChI is InChI=1S/C80H116N24O28/c1-6-42(4)69(101-75(121)53(31-60(83)107)98-73(119)54(32-66(113)114)99-71(117)50(15-7-10-22-81)95-77(123)56(39-106)93-64(111)36-87-61(108)26-43-27-67(115)132-59-30-46(131-5)19-20-47(43)59)79(125)96-51(16-8-11-23-82)72(118)97-52(28-44-33-85-40-91-44)74(120)100-68(41(2)3)80(126)102-25-13-17-57(102)78(124)90-35-63(110)88-34-62(109)89-37-65(112)92-55(38-105)76(122)94-49(70(84)116)14-9-12-24-86-48-21-18-45(103(127)128)29-58(48)104(129)130/h18-21,27,29-30,33,40-42,49-57,68-69,86,105-106H,6-17,22-26,28,31-32,34-39,81-82H2,1-5H3,(H2,83,107)(H2,84,116)(H,85,91)(H,87,108)(H,88,110)(H,89,109)(H,90,124)(H,92,112)(H,93,111)(H,94,122)(H,95,123)(H,96,125)(H,97,118)(H,98,119)(H,99,117)(H,100,120)(H,101,121)(H,113,114)/t42-,49-,50-,51-,52-,53-,54-,55-,56-,57-,68-,69-/m0/s1. The fourth-order valence-corrected chi connectivity index (χ4v) is 13.4. The van der Waals surface area contributed by atoms with E-state index in [0.717, 1.165) is 24.3 Å². The third kappa shape index (κ3) is 35.5. The summed E-state index contributed by atoms with van der Waals surface area (Å²) in [4.78, 5) is 285. The number of rotatable bonds is 59. The summed E-state index contributed by atoms with van der Waals surface area (Å²) in [6.45, 7) is 1.56. The van der Waals surface area contributed by atoms with Crippen molar-refractivity contribution in [3.63, 3.8) is 0 Å². The van der Waals surface area contributed by atoms with Crippen LogP contribution in [0, 0.1) is 32.1 Å². The van der Waals surface area contributed by atoms with Crippen LogP contribution in [0.4, 0.5) is 17.1 Å². The van der Waals surface area contributed by atoms with Crippen molar-refractivity contribution in [2.45, 2.75) is 197 Å². The molecular weight excluding hydrogens is 1750 g/mol. The molecule has 4 aromatic rings. The highest BCUT2D eigenvalue weighted by Crippen LogP contribution is 2.30. The third-order valence-electron chi connectivity index (χ3n) is 20.8. The molecule has 52 nitrogen and oxygen atoms in total. The third-order valence-corrected chi connectivity index (χ3v) is 20.8. The van der Waals surface area contributed by atoms with E-state index >= 15 is 0 Å². The Labute approximate surface area is 753 Å². The van der Waals surface area contributed by atoms with E-state index in [2.05, 4.69) is 89.7 Å². The van der Waals surface area contributed by atoms with Gasteiger partial charge in [0.1, 0.15) is 83.5 Å². The first-order chi connectivity index (χ1) is 62.6. The van der Waals surface area contributed by atoms with Gasteiger partial charge >= 0.3 is 11.6 Å². The smallest absolute Gasteiger partial charge is 0.336 e. The summed E-state index contributed by atoms with van der Waals surface area (Å²) >= 11 is 0. The molecule has 0 unspecified atom stereocenters. The number of nitrogens with zero attached hydrogens (tertiary/aromatic N) is 4. The van der Waals surface area contributed by atoms with Crippen molar-refractivity contribution < 1.29 is 121 Å². The minimum absolute atomic E-state index is 0.000186. The number of likely N-dealkylation sites (tertiary alicyclic amines) is 1. The first-order valence-corrected chi connectivity index (χ1v) is 42.2. The minimum Gasteiger partial charge on any atom is -0.497 e. The van der Waals surface area contributed by atoms with Crippen molar-refractivity contribution in [1.82, 2.24) is 89.3 Å². The molecule has 2 aromatic heterocycles. The first kappa shape index (κ1) is 108. The Morgan fingerprint density at radius 2 is 1.09 bits per heavy atom. The van der Waals surface area contributed by atoms with E-state index < -0.39 is 270 Å². The Balaban J connectivity index is 1.18. The van der Waals surface area contributed by atoms with Gasteiger partial charge in [0, 0.05) is 55.0 Å². The van der Waals surface area contributed by atoms with Crippen molar-refractivity contribution in [3.8, 4) is 5.75 Å². The number of carboxylic acid groups (broad SMARTS) is 1. The Hall–Kier alpha value is -14.4. The molecule has 1 fully saturated rings. The largest absolute Gasteiger partial charge is 0.497 e. The Kier molecular flexibility index (Phi) is 44.9. The molecule has 1 aliphatic rings. The number of methoxy groups -OCH3 is 1. The molecule has 132 heavy (non-hydrogen) atoms. The number of carbonyl (C=O) groups excluding carboxylic acids is 17. The zero-order valence-corrected chi connectivity index (χ0v) is 73.2. The Morgan fingerprint density at radius 3 is 1.62 bits per heavy atom. The summed E-state index contributed by atoms with van der Waals surface area (Å²) < 4.78 is 10.4. The number of nitrogens with one attached hydrogen (secondary N) is 16. The first-order valence-electron chi connectivity index (χ1n) is 42.2. The molecule has 2 aromatic carbocycles. The summed E-state index contributed by atoms with van der Waals surface area (Å²) in [6.07, 6.45) is 1.12. The molecule has 724 valence electrons. The number of aromatic nitrogens is 2. The van der Waals surface area contributed by atoms with Crippen LogP contribution in [0.15, 0.2) is 64.2 Å². The van der Waals surface area contributed by atoms with Crippen LogP contribution < -0.4 is 113 Å². The van der Waals surface area contributed by atoms with Gasteiger partial charge in [-0.1, -0.05) is 34.1 Å². The van der Waals surface area contributed by atoms with Crippen LogP contribution in [0.2, 0.25) is 0 Å². The summed E-state index contributed by atoms with van der Waals surface area (Å²) in [7, 11) is 1.40. The molecule has 3 heterocycles. The molecule has 27 N–H and O–H groups in total. The number of carboxylic acids is 1. The lowest BCUT2D eigenvalue weighted by Crippen LogP contribution is -2.62. The molecule has 12 atom stereocenters. The maximum absolute atomic E-state index is 14.7. The molecule has 0 radical (unpaired) electrons. The molecule has 0 aliphatic carbocycles. The number of anilines is 1. The summed E-state index contributed by atoms with van der Waals surface area (Å²) in [5.41, 5.74) is 21.4. The number of amides is 17. The van der Waals surface area contributed by atoms with E-state index in [1.165, 1.54) is 37.5 Å². The van der Waals surface area contributed by atoms with Crippen LogP contribution in [-0.2, 0) is 99.1 Å². The van der Waals surface area contributed by atoms with Crippen LogP contribution >= 0.6 is 0 Å². The van der Waals surface area contributed by atoms with Gasteiger partial charge in [0.15, 0.2) is 0 Å². The Morgan fingerprint density at radius 1 is 0.583 bits per heavy atom. The number of benzene rings is 2. The zero-order valence-electron chi connectivity index (χ0n) is 73.2. The molecule has 1 saturated heterocycles. The lowest BCUT2D eigenvalue weighted by Gasteiger charge is -2.32. The second kappa shape index (κ2) is 54.8. The van der Waals surface area contributed by atoms with Crippen molar-refractivity contribution in [1.29, 1.82) is 0 Å². The van der Waals surface area contributed by atoms with Crippen LogP contribution in [0.25, 0.3) is 11.0 Å². The van der Waals surface area contributed by atoms with E-state index in [1.54, 1.807) is 32.9 Å². The number of carbonyl (C=O) groups is 18. The number of fused-ring (bicyclic) bond motifs is 1.